The van der Waals surface area contributed by atoms with Crippen LogP contribution in [0.4, 0.5) is 5.69 Å². The van der Waals surface area contributed by atoms with Gasteiger partial charge >= 0.3 is 0 Å². The number of aryl methyl sites for hydroxylation is 1. The number of amides is 1. The molecular weight excluding hydrogens is 298 g/mol. The van der Waals surface area contributed by atoms with Crippen LogP contribution in [0.25, 0.3) is 0 Å². The van der Waals surface area contributed by atoms with Gasteiger partial charge in [-0.05, 0) is 61.7 Å². The molecule has 1 amide bonds. The fourth-order valence-electron chi connectivity index (χ4n) is 4.31. The van der Waals surface area contributed by atoms with Crippen molar-refractivity contribution < 1.29 is 4.79 Å². The minimum Gasteiger partial charge on any atom is -0.324 e. The summed E-state index contributed by atoms with van der Waals surface area (Å²) < 4.78 is 0. The number of likely N-dealkylation sites (tertiary alicyclic amines) is 1. The molecule has 4 heteroatoms. The van der Waals surface area contributed by atoms with E-state index in [9.17, 15) is 4.79 Å². The molecule has 1 aromatic rings. The maximum absolute atomic E-state index is 12.6. The maximum Gasteiger partial charge on any atom is 0.238 e. The van der Waals surface area contributed by atoms with Gasteiger partial charge in [0, 0.05) is 18.8 Å². The second-order valence-corrected chi connectivity index (χ2v) is 7.98. The van der Waals surface area contributed by atoms with Gasteiger partial charge < -0.3 is 10.6 Å². The summed E-state index contributed by atoms with van der Waals surface area (Å²) in [6, 6.07) is 6.26. The lowest BCUT2D eigenvalue weighted by molar-refractivity contribution is -0.118. The molecule has 1 spiro atoms. The molecule has 2 saturated heterocycles. The van der Waals surface area contributed by atoms with Gasteiger partial charge in [0.25, 0.3) is 0 Å². The molecule has 2 N–H and O–H groups in total. The second-order valence-electron chi connectivity index (χ2n) is 7.98. The van der Waals surface area contributed by atoms with Gasteiger partial charge in [-0.1, -0.05) is 32.0 Å². The van der Waals surface area contributed by atoms with E-state index in [0.717, 1.165) is 37.4 Å². The molecule has 0 unspecified atom stereocenters. The summed E-state index contributed by atoms with van der Waals surface area (Å²) in [6.45, 7) is 11.3. The first-order valence-electron chi connectivity index (χ1n) is 9.32. The minimum atomic E-state index is 0.120. The smallest absolute Gasteiger partial charge is 0.238 e. The van der Waals surface area contributed by atoms with Crippen molar-refractivity contribution in [3.05, 3.63) is 29.3 Å². The normalized spacial score (nSPS) is 24.7. The minimum absolute atomic E-state index is 0.120. The Morgan fingerprint density at radius 3 is 2.92 bits per heavy atom. The highest BCUT2D eigenvalue weighted by molar-refractivity contribution is 5.94. The zero-order valence-corrected chi connectivity index (χ0v) is 15.3. The number of para-hydroxylation sites is 1. The summed E-state index contributed by atoms with van der Waals surface area (Å²) in [5, 5.41) is 6.69. The van der Waals surface area contributed by atoms with E-state index in [4.69, 9.17) is 0 Å². The first-order chi connectivity index (χ1) is 11.5. The number of nitrogens with zero attached hydrogens (tertiary/aromatic N) is 1. The summed E-state index contributed by atoms with van der Waals surface area (Å²) in [5.41, 5.74) is 3.78. The van der Waals surface area contributed by atoms with E-state index < -0.39 is 0 Å². The zero-order valence-electron chi connectivity index (χ0n) is 15.3. The van der Waals surface area contributed by atoms with E-state index in [1.165, 1.54) is 24.8 Å². The molecule has 0 radical (unpaired) electrons. The Bertz CT molecular complexity index is 591. The summed E-state index contributed by atoms with van der Waals surface area (Å²) in [7, 11) is 0. The van der Waals surface area contributed by atoms with Crippen LogP contribution in [-0.2, 0) is 4.79 Å². The molecule has 4 nitrogen and oxygen atoms in total. The molecule has 0 bridgehead atoms. The fourth-order valence-corrected chi connectivity index (χ4v) is 4.31. The van der Waals surface area contributed by atoms with Crippen LogP contribution in [-0.4, -0.2) is 43.5 Å². The molecule has 2 aliphatic rings. The van der Waals surface area contributed by atoms with E-state index in [1.807, 2.05) is 0 Å². The predicted molar refractivity (Wildman–Crippen MR) is 99.5 cm³/mol. The van der Waals surface area contributed by atoms with Crippen LogP contribution in [0, 0.1) is 12.3 Å². The Balaban J connectivity index is 1.64. The highest BCUT2D eigenvalue weighted by Gasteiger charge is 2.38. The van der Waals surface area contributed by atoms with Gasteiger partial charge in [0.15, 0.2) is 0 Å². The number of hydrogen-bond donors (Lipinski definition) is 2. The standard InChI is InChI=1S/C20H31N3O/c1-15(2)17-7-4-6-16(3)19(17)22-18(24)12-23-11-5-8-20(14-23)9-10-21-13-20/h4,6-7,15,21H,5,8-14H2,1-3H3,(H,22,24)/t20-/m0/s1. The van der Waals surface area contributed by atoms with Gasteiger partial charge in [-0.2, -0.15) is 0 Å². The number of anilines is 1. The van der Waals surface area contributed by atoms with Gasteiger partial charge in [-0.3, -0.25) is 9.69 Å². The van der Waals surface area contributed by atoms with Gasteiger partial charge in [0.2, 0.25) is 5.91 Å². The van der Waals surface area contributed by atoms with Gasteiger partial charge in [-0.15, -0.1) is 0 Å². The number of benzene rings is 1. The summed E-state index contributed by atoms with van der Waals surface area (Å²) in [5.74, 6) is 0.525. The van der Waals surface area contributed by atoms with E-state index in [-0.39, 0.29) is 5.91 Å². The molecular formula is C20H31N3O. The number of hydrogen-bond acceptors (Lipinski definition) is 3. The lowest BCUT2D eigenvalue weighted by Gasteiger charge is -2.39. The Kier molecular flexibility index (Phi) is 5.26. The maximum atomic E-state index is 12.6. The molecule has 0 saturated carbocycles. The lowest BCUT2D eigenvalue weighted by Crippen LogP contribution is -2.47. The summed E-state index contributed by atoms with van der Waals surface area (Å²) in [4.78, 5) is 15.0. The van der Waals surface area contributed by atoms with Crippen molar-refractivity contribution in [1.82, 2.24) is 10.2 Å². The topological polar surface area (TPSA) is 44.4 Å². The lowest BCUT2D eigenvalue weighted by atomic mass is 9.79. The molecule has 132 valence electrons. The Labute approximate surface area is 146 Å². The van der Waals surface area contributed by atoms with Crippen molar-refractivity contribution in [2.24, 2.45) is 5.41 Å². The van der Waals surface area contributed by atoms with Crippen LogP contribution in [0.5, 0.6) is 0 Å². The largest absolute Gasteiger partial charge is 0.324 e. The third kappa shape index (κ3) is 3.81. The van der Waals surface area contributed by atoms with Crippen LogP contribution < -0.4 is 10.6 Å². The van der Waals surface area contributed by atoms with Gasteiger partial charge in [0.05, 0.1) is 6.54 Å². The van der Waals surface area contributed by atoms with Crippen molar-refractivity contribution in [2.75, 3.05) is 38.0 Å². The van der Waals surface area contributed by atoms with Gasteiger partial charge in [0.1, 0.15) is 0 Å². The van der Waals surface area contributed by atoms with Crippen LogP contribution in [0.1, 0.15) is 50.2 Å². The van der Waals surface area contributed by atoms with Crippen LogP contribution in [0.15, 0.2) is 18.2 Å². The van der Waals surface area contributed by atoms with E-state index in [2.05, 4.69) is 54.5 Å². The Morgan fingerprint density at radius 1 is 1.38 bits per heavy atom. The van der Waals surface area contributed by atoms with Crippen molar-refractivity contribution in [2.45, 2.75) is 46.0 Å². The Hall–Kier alpha value is -1.39. The van der Waals surface area contributed by atoms with E-state index >= 15 is 0 Å². The summed E-state index contributed by atoms with van der Waals surface area (Å²) in [6.07, 6.45) is 3.75. The average molecular weight is 329 g/mol. The first kappa shape index (κ1) is 17.4. The second kappa shape index (κ2) is 7.24. The van der Waals surface area contributed by atoms with Crippen molar-refractivity contribution >= 4 is 11.6 Å². The number of rotatable bonds is 4. The van der Waals surface area contributed by atoms with Crippen molar-refractivity contribution in [1.29, 1.82) is 0 Å². The highest BCUT2D eigenvalue weighted by atomic mass is 16.2. The number of nitrogens with one attached hydrogen (secondary N) is 2. The van der Waals surface area contributed by atoms with Gasteiger partial charge in [-0.25, -0.2) is 0 Å². The average Bonchev–Trinajstić information content (AvgIpc) is 2.96. The molecule has 2 heterocycles. The monoisotopic (exact) mass is 329 g/mol. The molecule has 1 atom stereocenters. The van der Waals surface area contributed by atoms with Crippen LogP contribution in [0.2, 0.25) is 0 Å². The molecule has 0 aromatic heterocycles. The quantitative estimate of drug-likeness (QED) is 0.892. The predicted octanol–water partition coefficient (Wildman–Crippen LogP) is 3.13. The zero-order chi connectivity index (χ0) is 17.2. The molecule has 24 heavy (non-hydrogen) atoms. The van der Waals surface area contributed by atoms with Crippen molar-refractivity contribution in [3.63, 3.8) is 0 Å². The number of piperidine rings is 1. The van der Waals surface area contributed by atoms with E-state index in [0.29, 0.717) is 17.9 Å². The first-order valence-corrected chi connectivity index (χ1v) is 9.32. The fraction of sp³-hybridized carbons (Fsp3) is 0.650. The number of carbonyl (C=O) groups is 1. The summed E-state index contributed by atoms with van der Waals surface area (Å²) >= 11 is 0. The molecule has 0 aliphatic carbocycles. The molecule has 2 aliphatic heterocycles. The highest BCUT2D eigenvalue weighted by Crippen LogP contribution is 2.35. The molecule has 2 fully saturated rings. The molecule has 1 aromatic carbocycles. The third-order valence-corrected chi connectivity index (χ3v) is 5.63. The molecule has 3 rings (SSSR count). The SMILES string of the molecule is Cc1cccc(C(C)C)c1NC(=O)CN1CCC[C@@]2(CCNC2)C1. The number of carbonyl (C=O) groups excluding carboxylic acids is 1. The van der Waals surface area contributed by atoms with E-state index in [1.54, 1.807) is 0 Å². The Morgan fingerprint density at radius 2 is 2.21 bits per heavy atom. The third-order valence-electron chi connectivity index (χ3n) is 5.63. The van der Waals surface area contributed by atoms with Crippen molar-refractivity contribution in [3.8, 4) is 0 Å². The van der Waals surface area contributed by atoms with Crippen LogP contribution >= 0.6 is 0 Å². The van der Waals surface area contributed by atoms with Crippen LogP contribution in [0.3, 0.4) is 0 Å².